The van der Waals surface area contributed by atoms with Gasteiger partial charge in [-0.15, -0.1) is 22.7 Å². The number of para-hydroxylation sites is 1. The van der Waals surface area contributed by atoms with E-state index in [4.69, 9.17) is 0 Å². The molecule has 0 saturated heterocycles. The average Bonchev–Trinajstić information content (AvgIpc) is 3.97. The van der Waals surface area contributed by atoms with Crippen molar-refractivity contribution in [2.24, 2.45) is 0 Å². The third-order valence-corrected chi connectivity index (χ3v) is 15.7. The summed E-state index contributed by atoms with van der Waals surface area (Å²) in [5.41, 5.74) is 12.8. The molecule has 2 heterocycles. The molecule has 0 radical (unpaired) electrons. The molecule has 2 nitrogen and oxygen atoms in total. The molecule has 2 aromatic heterocycles. The second-order valence-corrected chi connectivity index (χ2v) is 19.5. The number of thiophene rings is 2. The van der Waals surface area contributed by atoms with Crippen molar-refractivity contribution in [1.82, 2.24) is 0 Å². The fraction of sp³-hybridized carbons (Fsp3) is 0.0159. The maximum absolute atomic E-state index is 2.43. The van der Waals surface area contributed by atoms with Gasteiger partial charge in [0.2, 0.25) is 0 Å². The standard InChI is InChI=1S/C63H42N2S2/c1-41-26-32-47(33-27-41)65(59-40-57-53-21-10-12-25-61(53)67-63(57)55-23-8-6-19-51(55)59)49-36-30-43(31-37-49)45-15-13-14-44(38-45)42-28-34-48(35-29-42)64(46-16-3-2-4-17-46)58-39-56-52-20-9-11-24-60(52)66-62(56)54-22-7-5-18-50(54)58/h2-40H,1H3. The summed E-state index contributed by atoms with van der Waals surface area (Å²) >= 11 is 3.77. The van der Waals surface area contributed by atoms with E-state index in [0.717, 1.165) is 22.7 Å². The molecule has 13 rings (SSSR count). The number of hydrogen-bond acceptors (Lipinski definition) is 4. The Balaban J connectivity index is 0.870. The lowest BCUT2D eigenvalue weighted by Crippen LogP contribution is -2.10. The molecule has 0 bridgehead atoms. The molecule has 0 aliphatic carbocycles. The minimum Gasteiger partial charge on any atom is -0.310 e. The molecule has 4 heteroatoms. The van der Waals surface area contributed by atoms with Gasteiger partial charge in [0.15, 0.2) is 0 Å². The molecule has 0 aliphatic heterocycles. The normalized spacial score (nSPS) is 11.7. The highest BCUT2D eigenvalue weighted by Crippen LogP contribution is 2.48. The van der Waals surface area contributed by atoms with Crippen LogP contribution in [0.3, 0.4) is 0 Å². The lowest BCUT2D eigenvalue weighted by Gasteiger charge is -2.27. The maximum atomic E-state index is 2.43. The fourth-order valence-electron chi connectivity index (χ4n) is 10.0. The number of fused-ring (bicyclic) bond motifs is 10. The number of benzene rings is 11. The Hall–Kier alpha value is -8.02. The highest BCUT2D eigenvalue weighted by Gasteiger charge is 2.21. The van der Waals surface area contributed by atoms with E-state index in [9.17, 15) is 0 Å². The van der Waals surface area contributed by atoms with Crippen LogP contribution in [0.2, 0.25) is 0 Å². The third-order valence-electron chi connectivity index (χ3n) is 13.3. The van der Waals surface area contributed by atoms with Crippen molar-refractivity contribution in [2.45, 2.75) is 6.92 Å². The highest BCUT2D eigenvalue weighted by molar-refractivity contribution is 7.27. The van der Waals surface area contributed by atoms with Crippen LogP contribution in [0.15, 0.2) is 237 Å². The zero-order chi connectivity index (χ0) is 44.4. The quantitative estimate of drug-likeness (QED) is 0.150. The van der Waals surface area contributed by atoms with Gasteiger partial charge in [-0.1, -0.05) is 163 Å². The second-order valence-electron chi connectivity index (χ2n) is 17.3. The van der Waals surface area contributed by atoms with E-state index in [1.807, 2.05) is 22.7 Å². The first-order chi connectivity index (χ1) is 33.1. The lowest BCUT2D eigenvalue weighted by atomic mass is 9.98. The van der Waals surface area contributed by atoms with Gasteiger partial charge < -0.3 is 9.80 Å². The van der Waals surface area contributed by atoms with Crippen LogP contribution in [-0.2, 0) is 0 Å². The van der Waals surface area contributed by atoms with Crippen LogP contribution >= 0.6 is 22.7 Å². The molecule has 0 N–H and O–H groups in total. The van der Waals surface area contributed by atoms with Crippen molar-refractivity contribution in [2.75, 3.05) is 9.80 Å². The number of anilines is 6. The Morgan fingerprint density at radius 3 is 1.10 bits per heavy atom. The van der Waals surface area contributed by atoms with E-state index in [0.29, 0.717) is 0 Å². The van der Waals surface area contributed by atoms with E-state index in [2.05, 4.69) is 253 Å². The molecule has 0 amide bonds. The number of hydrogen-bond donors (Lipinski definition) is 0. The van der Waals surface area contributed by atoms with Crippen molar-refractivity contribution in [3.8, 4) is 22.3 Å². The monoisotopic (exact) mass is 890 g/mol. The van der Waals surface area contributed by atoms with Crippen LogP contribution < -0.4 is 9.80 Å². The summed E-state index contributed by atoms with van der Waals surface area (Å²) in [6.45, 7) is 2.15. The summed E-state index contributed by atoms with van der Waals surface area (Å²) in [4.78, 5) is 4.84. The van der Waals surface area contributed by atoms with Crippen LogP contribution in [0.4, 0.5) is 34.1 Å². The van der Waals surface area contributed by atoms with Crippen LogP contribution in [0.25, 0.3) is 84.1 Å². The number of aryl methyl sites for hydroxylation is 1. The van der Waals surface area contributed by atoms with E-state index >= 15 is 0 Å². The first kappa shape index (κ1) is 39.4. The van der Waals surface area contributed by atoms with Crippen LogP contribution in [-0.4, -0.2) is 0 Å². The molecule has 0 spiro atoms. The van der Waals surface area contributed by atoms with Crippen molar-refractivity contribution < 1.29 is 0 Å². The van der Waals surface area contributed by atoms with Gasteiger partial charge in [-0.25, -0.2) is 0 Å². The van der Waals surface area contributed by atoms with Crippen LogP contribution in [0, 0.1) is 6.92 Å². The Morgan fingerprint density at radius 1 is 0.269 bits per heavy atom. The Bertz CT molecular complexity index is 3980. The molecule has 67 heavy (non-hydrogen) atoms. The SMILES string of the molecule is Cc1ccc(N(c2ccc(-c3cccc(-c4ccc(N(c5ccccc5)c5cc6c7ccccc7sc6c6ccccc56)cc4)c3)cc2)c2cc3c4ccccc4sc3c3ccccc23)cc1. The van der Waals surface area contributed by atoms with Gasteiger partial charge in [-0.2, -0.15) is 0 Å². The zero-order valence-corrected chi connectivity index (χ0v) is 38.4. The van der Waals surface area contributed by atoms with Gasteiger partial charge in [0, 0.05) is 84.6 Å². The Morgan fingerprint density at radius 2 is 0.642 bits per heavy atom. The molecular formula is C63H42N2S2. The van der Waals surface area contributed by atoms with Crippen LogP contribution in [0.1, 0.15) is 5.56 Å². The first-order valence-corrected chi connectivity index (χ1v) is 24.5. The van der Waals surface area contributed by atoms with E-state index < -0.39 is 0 Å². The largest absolute Gasteiger partial charge is 0.310 e. The molecule has 0 aliphatic rings. The molecular weight excluding hydrogens is 849 g/mol. The Kier molecular flexibility index (Phi) is 9.48. The van der Waals surface area contributed by atoms with Gasteiger partial charge in [0.1, 0.15) is 0 Å². The molecule has 0 saturated carbocycles. The molecule has 13 aromatic rings. The van der Waals surface area contributed by atoms with Gasteiger partial charge >= 0.3 is 0 Å². The molecule has 0 atom stereocenters. The average molecular weight is 891 g/mol. The topological polar surface area (TPSA) is 6.48 Å². The van der Waals surface area contributed by atoms with Crippen molar-refractivity contribution in [1.29, 1.82) is 0 Å². The lowest BCUT2D eigenvalue weighted by molar-refractivity contribution is 1.29. The zero-order valence-electron chi connectivity index (χ0n) is 36.7. The second kappa shape index (κ2) is 16.1. The Labute approximate surface area is 397 Å². The summed E-state index contributed by atoms with van der Waals surface area (Å²) < 4.78 is 5.29. The minimum atomic E-state index is 1.11. The van der Waals surface area contributed by atoms with Gasteiger partial charge in [0.25, 0.3) is 0 Å². The smallest absolute Gasteiger partial charge is 0.0547 e. The molecule has 11 aromatic carbocycles. The highest BCUT2D eigenvalue weighted by atomic mass is 32.1. The summed E-state index contributed by atoms with van der Waals surface area (Å²) in [7, 11) is 0. The van der Waals surface area contributed by atoms with E-state index in [1.165, 1.54) is 101 Å². The van der Waals surface area contributed by atoms with Crippen molar-refractivity contribution in [3.63, 3.8) is 0 Å². The van der Waals surface area contributed by atoms with Crippen molar-refractivity contribution >= 4 is 119 Å². The maximum Gasteiger partial charge on any atom is 0.0547 e. The van der Waals surface area contributed by atoms with Crippen molar-refractivity contribution in [3.05, 3.63) is 242 Å². The predicted octanol–water partition coefficient (Wildman–Crippen LogP) is 19.3. The van der Waals surface area contributed by atoms with E-state index in [-0.39, 0.29) is 0 Å². The number of nitrogens with zero attached hydrogens (tertiary/aromatic N) is 2. The first-order valence-electron chi connectivity index (χ1n) is 22.8. The van der Waals surface area contributed by atoms with E-state index in [1.54, 1.807) is 0 Å². The summed E-state index contributed by atoms with van der Waals surface area (Å²) in [5.74, 6) is 0. The third kappa shape index (κ3) is 6.76. The minimum absolute atomic E-state index is 1.11. The summed E-state index contributed by atoms with van der Waals surface area (Å²) in [5, 5.41) is 10.2. The molecule has 0 unspecified atom stereocenters. The van der Waals surface area contributed by atoms with Crippen LogP contribution in [0.5, 0.6) is 0 Å². The predicted molar refractivity (Wildman–Crippen MR) is 292 cm³/mol. The fourth-order valence-corrected chi connectivity index (χ4v) is 12.5. The van der Waals surface area contributed by atoms with Gasteiger partial charge in [-0.3, -0.25) is 0 Å². The molecule has 0 fully saturated rings. The van der Waals surface area contributed by atoms with Gasteiger partial charge in [0.05, 0.1) is 11.4 Å². The van der Waals surface area contributed by atoms with Gasteiger partial charge in [-0.05, 0) is 108 Å². The number of rotatable bonds is 8. The molecule has 316 valence electrons. The summed E-state index contributed by atoms with van der Waals surface area (Å²) in [6.07, 6.45) is 0. The summed E-state index contributed by atoms with van der Waals surface area (Å²) in [6, 6.07) is 86.9.